The van der Waals surface area contributed by atoms with Crippen LogP contribution in [0.1, 0.15) is 12.0 Å². The molecule has 0 atom stereocenters. The van der Waals surface area contributed by atoms with Gasteiger partial charge in [0, 0.05) is 18.8 Å². The van der Waals surface area contributed by atoms with Crippen molar-refractivity contribution in [1.29, 1.82) is 0 Å². The van der Waals surface area contributed by atoms with E-state index in [1.807, 2.05) is 12.1 Å². The lowest BCUT2D eigenvalue weighted by Crippen LogP contribution is -2.22. The first kappa shape index (κ1) is 11.3. The molecule has 0 spiro atoms. The summed E-state index contributed by atoms with van der Waals surface area (Å²) in [5, 5.41) is 4.42. The predicted octanol–water partition coefficient (Wildman–Crippen LogP) is 2.28. The van der Waals surface area contributed by atoms with E-state index in [9.17, 15) is 0 Å². The molecule has 0 aromatic heterocycles. The van der Waals surface area contributed by atoms with E-state index in [1.165, 1.54) is 17.7 Å². The summed E-state index contributed by atoms with van der Waals surface area (Å²) in [5.74, 6) is 2.07. The van der Waals surface area contributed by atoms with Crippen molar-refractivity contribution in [3.8, 4) is 5.75 Å². The third-order valence-electron chi connectivity index (χ3n) is 2.40. The molecule has 0 bridgehead atoms. The number of benzene rings is 1. The molecule has 0 saturated heterocycles. The van der Waals surface area contributed by atoms with Crippen LogP contribution in [0.3, 0.4) is 0 Å². The van der Waals surface area contributed by atoms with Crippen molar-refractivity contribution in [2.24, 2.45) is 4.99 Å². The van der Waals surface area contributed by atoms with Crippen molar-refractivity contribution in [3.05, 3.63) is 29.8 Å². The Morgan fingerprint density at radius 2 is 2.19 bits per heavy atom. The summed E-state index contributed by atoms with van der Waals surface area (Å²) in [5.41, 5.74) is 1.25. The van der Waals surface area contributed by atoms with Crippen molar-refractivity contribution >= 4 is 16.9 Å². The summed E-state index contributed by atoms with van der Waals surface area (Å²) < 4.78 is 5.12. The van der Waals surface area contributed by atoms with Crippen LogP contribution in [0.4, 0.5) is 0 Å². The first-order chi connectivity index (χ1) is 7.88. The highest BCUT2D eigenvalue weighted by molar-refractivity contribution is 8.13. The molecule has 0 radical (unpaired) electrons. The fourth-order valence-corrected chi connectivity index (χ4v) is 2.31. The first-order valence-electron chi connectivity index (χ1n) is 5.42. The number of ether oxygens (including phenoxy) is 1. The molecule has 0 fully saturated rings. The SMILES string of the molecule is COc1ccc(CNC2=NCCCS2)cc1. The molecule has 1 N–H and O–H groups in total. The maximum Gasteiger partial charge on any atom is 0.156 e. The molecule has 0 saturated carbocycles. The smallest absolute Gasteiger partial charge is 0.156 e. The number of nitrogens with one attached hydrogen (secondary N) is 1. The molecule has 1 aromatic rings. The van der Waals surface area contributed by atoms with E-state index in [-0.39, 0.29) is 0 Å². The fourth-order valence-electron chi connectivity index (χ4n) is 1.49. The van der Waals surface area contributed by atoms with E-state index in [1.54, 1.807) is 18.9 Å². The number of methoxy groups -OCH3 is 1. The van der Waals surface area contributed by atoms with Gasteiger partial charge in [-0.25, -0.2) is 0 Å². The molecular weight excluding hydrogens is 220 g/mol. The zero-order valence-electron chi connectivity index (χ0n) is 9.40. The molecule has 0 aliphatic carbocycles. The van der Waals surface area contributed by atoms with Crippen LogP contribution in [0.5, 0.6) is 5.75 Å². The lowest BCUT2D eigenvalue weighted by molar-refractivity contribution is 0.414. The summed E-state index contributed by atoms with van der Waals surface area (Å²) in [6.45, 7) is 1.79. The van der Waals surface area contributed by atoms with Gasteiger partial charge in [0.15, 0.2) is 5.17 Å². The summed E-state index contributed by atoms with van der Waals surface area (Å²) in [6.07, 6.45) is 1.19. The number of rotatable bonds is 3. The highest BCUT2D eigenvalue weighted by atomic mass is 32.2. The van der Waals surface area contributed by atoms with Gasteiger partial charge in [-0.15, -0.1) is 0 Å². The number of thioether (sulfide) groups is 1. The maximum absolute atomic E-state index is 5.12. The molecule has 1 heterocycles. The number of nitrogens with zero attached hydrogens (tertiary/aromatic N) is 1. The van der Waals surface area contributed by atoms with Crippen molar-refractivity contribution < 1.29 is 4.74 Å². The Balaban J connectivity index is 1.86. The Morgan fingerprint density at radius 1 is 1.38 bits per heavy atom. The topological polar surface area (TPSA) is 33.6 Å². The average molecular weight is 236 g/mol. The number of hydrogen-bond acceptors (Lipinski definition) is 4. The maximum atomic E-state index is 5.12. The number of hydrogen-bond donors (Lipinski definition) is 1. The van der Waals surface area contributed by atoms with Crippen LogP contribution in [-0.4, -0.2) is 24.6 Å². The summed E-state index contributed by atoms with van der Waals surface area (Å²) in [4.78, 5) is 4.42. The van der Waals surface area contributed by atoms with Crippen LogP contribution in [0.25, 0.3) is 0 Å². The number of aliphatic imine (C=N–C) groups is 1. The van der Waals surface area contributed by atoms with Gasteiger partial charge in [0.05, 0.1) is 7.11 Å². The van der Waals surface area contributed by atoms with Gasteiger partial charge in [0.1, 0.15) is 5.75 Å². The summed E-state index contributed by atoms with van der Waals surface area (Å²) in [6, 6.07) is 8.10. The molecule has 1 aromatic carbocycles. The average Bonchev–Trinajstić information content (AvgIpc) is 2.38. The Bertz CT molecular complexity index is 362. The first-order valence-corrected chi connectivity index (χ1v) is 6.41. The molecule has 86 valence electrons. The second kappa shape index (κ2) is 5.80. The van der Waals surface area contributed by atoms with E-state index < -0.39 is 0 Å². The van der Waals surface area contributed by atoms with Crippen LogP contribution >= 0.6 is 11.8 Å². The van der Waals surface area contributed by atoms with Gasteiger partial charge in [0.2, 0.25) is 0 Å². The molecule has 1 aliphatic heterocycles. The van der Waals surface area contributed by atoms with Gasteiger partial charge in [0.25, 0.3) is 0 Å². The second-order valence-corrected chi connectivity index (χ2v) is 4.67. The molecule has 0 unspecified atom stereocenters. The van der Waals surface area contributed by atoms with Crippen LogP contribution in [0.2, 0.25) is 0 Å². The normalized spacial score (nSPS) is 15.4. The zero-order chi connectivity index (χ0) is 11.2. The highest BCUT2D eigenvalue weighted by Crippen LogP contribution is 2.13. The minimum absolute atomic E-state index is 0.829. The minimum atomic E-state index is 0.829. The summed E-state index contributed by atoms with van der Waals surface area (Å²) in [7, 11) is 1.68. The van der Waals surface area contributed by atoms with Crippen LogP contribution in [0.15, 0.2) is 29.3 Å². The predicted molar refractivity (Wildman–Crippen MR) is 69.2 cm³/mol. The Morgan fingerprint density at radius 3 is 2.81 bits per heavy atom. The molecular formula is C12H16N2OS. The Labute approximate surface area is 100 Å². The highest BCUT2D eigenvalue weighted by Gasteiger charge is 2.04. The van der Waals surface area contributed by atoms with Gasteiger partial charge in [-0.1, -0.05) is 23.9 Å². The third kappa shape index (κ3) is 3.17. The molecule has 3 nitrogen and oxygen atoms in total. The van der Waals surface area contributed by atoms with Gasteiger partial charge in [-0.2, -0.15) is 0 Å². The van der Waals surface area contributed by atoms with E-state index >= 15 is 0 Å². The van der Waals surface area contributed by atoms with E-state index in [0.29, 0.717) is 0 Å². The Kier molecular flexibility index (Phi) is 4.10. The second-order valence-electron chi connectivity index (χ2n) is 3.59. The largest absolute Gasteiger partial charge is 0.497 e. The molecule has 2 rings (SSSR count). The molecule has 16 heavy (non-hydrogen) atoms. The Hall–Kier alpha value is -1.16. The standard InChI is InChI=1S/C12H16N2OS/c1-15-11-5-3-10(4-6-11)9-14-12-13-7-2-8-16-12/h3-6H,2,7-9H2,1H3,(H,13,14). The van der Waals surface area contributed by atoms with Gasteiger partial charge < -0.3 is 10.1 Å². The molecule has 1 aliphatic rings. The van der Waals surface area contributed by atoms with Crippen molar-refractivity contribution in [3.63, 3.8) is 0 Å². The zero-order valence-corrected chi connectivity index (χ0v) is 10.2. The van der Waals surface area contributed by atoms with E-state index in [2.05, 4.69) is 22.4 Å². The van der Waals surface area contributed by atoms with E-state index in [4.69, 9.17) is 4.74 Å². The van der Waals surface area contributed by atoms with Gasteiger partial charge >= 0.3 is 0 Å². The van der Waals surface area contributed by atoms with E-state index in [0.717, 1.165) is 24.0 Å². The fraction of sp³-hybridized carbons (Fsp3) is 0.417. The lowest BCUT2D eigenvalue weighted by atomic mass is 10.2. The quantitative estimate of drug-likeness (QED) is 0.874. The lowest BCUT2D eigenvalue weighted by Gasteiger charge is -2.13. The third-order valence-corrected chi connectivity index (χ3v) is 3.44. The van der Waals surface area contributed by atoms with Crippen molar-refractivity contribution in [1.82, 2.24) is 5.32 Å². The molecule has 4 heteroatoms. The number of amidine groups is 1. The van der Waals surface area contributed by atoms with Gasteiger partial charge in [-0.05, 0) is 24.1 Å². The van der Waals surface area contributed by atoms with Crippen LogP contribution < -0.4 is 10.1 Å². The van der Waals surface area contributed by atoms with Crippen LogP contribution in [-0.2, 0) is 6.54 Å². The van der Waals surface area contributed by atoms with Crippen LogP contribution in [0, 0.1) is 0 Å². The minimum Gasteiger partial charge on any atom is -0.497 e. The van der Waals surface area contributed by atoms with Gasteiger partial charge in [-0.3, -0.25) is 4.99 Å². The van der Waals surface area contributed by atoms with Crippen molar-refractivity contribution in [2.45, 2.75) is 13.0 Å². The summed E-state index contributed by atoms with van der Waals surface area (Å²) >= 11 is 1.80. The monoisotopic (exact) mass is 236 g/mol. The van der Waals surface area contributed by atoms with Crippen molar-refractivity contribution in [2.75, 3.05) is 19.4 Å². The molecule has 0 amide bonds.